The third kappa shape index (κ3) is 3.23. The maximum Gasteiger partial charge on any atom is 0.251 e. The number of rotatable bonds is 4. The molecule has 1 fully saturated rings. The number of carbonyl (C=O) groups excluding carboxylic acids is 1. The lowest BCUT2D eigenvalue weighted by atomic mass is 10.0. The number of fused-ring (bicyclic) bond motifs is 1. The number of amides is 1. The summed E-state index contributed by atoms with van der Waals surface area (Å²) in [7, 11) is 0. The average Bonchev–Trinajstić information content (AvgIpc) is 3.43. The molecule has 1 aliphatic rings. The first-order valence-electron chi connectivity index (χ1n) is 9.20. The quantitative estimate of drug-likeness (QED) is 0.541. The Labute approximate surface area is 166 Å². The number of nitrogens with two attached hydrogens (primary N) is 1. The van der Waals surface area contributed by atoms with Gasteiger partial charge >= 0.3 is 0 Å². The molecular formula is C22H18N4OS. The van der Waals surface area contributed by atoms with Crippen molar-refractivity contribution in [1.29, 1.82) is 0 Å². The van der Waals surface area contributed by atoms with Crippen LogP contribution in [-0.2, 0) is 0 Å². The van der Waals surface area contributed by atoms with Gasteiger partial charge in [-0.1, -0.05) is 24.3 Å². The number of aromatic nitrogens is 2. The van der Waals surface area contributed by atoms with Gasteiger partial charge in [-0.25, -0.2) is 9.97 Å². The maximum absolute atomic E-state index is 12.2. The van der Waals surface area contributed by atoms with Gasteiger partial charge in [-0.05, 0) is 48.7 Å². The standard InChI is InChI=1S/C22H18N4OS/c23-20-17(22-26-18-3-1-2-4-19(18)28-22)11-15(12-24-20)13-5-7-14(8-6-13)21(27)25-16-9-10-16/h1-8,11-12,16H,9-10H2,(H2,23,24)(H,25,27). The molecule has 0 bridgehead atoms. The van der Waals surface area contributed by atoms with E-state index < -0.39 is 0 Å². The van der Waals surface area contributed by atoms with Crippen molar-refractivity contribution < 1.29 is 4.79 Å². The number of thiazole rings is 1. The number of hydrogen-bond donors (Lipinski definition) is 2. The molecule has 0 saturated heterocycles. The van der Waals surface area contributed by atoms with Gasteiger partial charge in [-0.15, -0.1) is 11.3 Å². The summed E-state index contributed by atoms with van der Waals surface area (Å²) in [6.45, 7) is 0. The van der Waals surface area contributed by atoms with Crippen LogP contribution in [0.25, 0.3) is 31.9 Å². The number of benzene rings is 2. The zero-order valence-corrected chi connectivity index (χ0v) is 15.9. The Bertz CT molecular complexity index is 1150. The SMILES string of the molecule is Nc1ncc(-c2ccc(C(=O)NC3CC3)cc2)cc1-c1nc2ccccc2s1. The molecule has 2 aromatic heterocycles. The molecular weight excluding hydrogens is 368 g/mol. The van der Waals surface area contributed by atoms with Crippen molar-refractivity contribution in [3.8, 4) is 21.7 Å². The van der Waals surface area contributed by atoms with E-state index in [0.29, 0.717) is 17.4 Å². The number of nitrogen functional groups attached to an aromatic ring is 1. The summed E-state index contributed by atoms with van der Waals surface area (Å²) in [6.07, 6.45) is 3.91. The monoisotopic (exact) mass is 386 g/mol. The van der Waals surface area contributed by atoms with Crippen LogP contribution in [0.1, 0.15) is 23.2 Å². The topological polar surface area (TPSA) is 80.9 Å². The molecule has 0 atom stereocenters. The van der Waals surface area contributed by atoms with Crippen molar-refractivity contribution in [1.82, 2.24) is 15.3 Å². The van der Waals surface area contributed by atoms with Gasteiger partial charge in [-0.2, -0.15) is 0 Å². The third-order valence-electron chi connectivity index (χ3n) is 4.84. The highest BCUT2D eigenvalue weighted by molar-refractivity contribution is 7.21. The van der Waals surface area contributed by atoms with E-state index in [2.05, 4.69) is 16.4 Å². The van der Waals surface area contributed by atoms with E-state index in [9.17, 15) is 4.79 Å². The lowest BCUT2D eigenvalue weighted by Gasteiger charge is -2.08. The second-order valence-electron chi connectivity index (χ2n) is 6.97. The van der Waals surface area contributed by atoms with E-state index in [0.717, 1.165) is 44.8 Å². The van der Waals surface area contributed by atoms with Gasteiger partial charge < -0.3 is 11.1 Å². The molecule has 6 heteroatoms. The van der Waals surface area contributed by atoms with Crippen LogP contribution in [0.5, 0.6) is 0 Å². The Hall–Kier alpha value is -3.25. The van der Waals surface area contributed by atoms with Crippen molar-refractivity contribution in [2.75, 3.05) is 5.73 Å². The number of hydrogen-bond acceptors (Lipinski definition) is 5. The smallest absolute Gasteiger partial charge is 0.251 e. The van der Waals surface area contributed by atoms with E-state index in [1.165, 1.54) is 0 Å². The summed E-state index contributed by atoms with van der Waals surface area (Å²) in [5, 5.41) is 3.86. The summed E-state index contributed by atoms with van der Waals surface area (Å²) in [5.41, 5.74) is 10.5. The van der Waals surface area contributed by atoms with Crippen LogP contribution in [0.3, 0.4) is 0 Å². The van der Waals surface area contributed by atoms with Crippen LogP contribution in [0.4, 0.5) is 5.82 Å². The summed E-state index contributed by atoms with van der Waals surface area (Å²) in [4.78, 5) is 21.2. The molecule has 0 spiro atoms. The minimum atomic E-state index is -0.0142. The van der Waals surface area contributed by atoms with Crippen LogP contribution in [0.15, 0.2) is 60.8 Å². The molecule has 2 aromatic carbocycles. The van der Waals surface area contributed by atoms with Gasteiger partial charge in [0.15, 0.2) is 0 Å². The van der Waals surface area contributed by atoms with Crippen LogP contribution in [0.2, 0.25) is 0 Å². The maximum atomic E-state index is 12.2. The fourth-order valence-electron chi connectivity index (χ4n) is 3.10. The number of nitrogens with one attached hydrogen (secondary N) is 1. The summed E-state index contributed by atoms with van der Waals surface area (Å²) >= 11 is 1.60. The van der Waals surface area contributed by atoms with Gasteiger partial charge in [0.05, 0.1) is 15.8 Å². The fourth-order valence-corrected chi connectivity index (χ4v) is 4.09. The largest absolute Gasteiger partial charge is 0.383 e. The molecule has 4 aromatic rings. The zero-order chi connectivity index (χ0) is 19.1. The van der Waals surface area contributed by atoms with Crippen molar-refractivity contribution >= 4 is 33.3 Å². The molecule has 5 nitrogen and oxygen atoms in total. The summed E-state index contributed by atoms with van der Waals surface area (Å²) < 4.78 is 1.12. The molecule has 1 amide bonds. The van der Waals surface area contributed by atoms with Crippen molar-refractivity contribution in [2.24, 2.45) is 0 Å². The first-order chi connectivity index (χ1) is 13.7. The number of pyridine rings is 1. The van der Waals surface area contributed by atoms with E-state index >= 15 is 0 Å². The van der Waals surface area contributed by atoms with Crippen LogP contribution < -0.4 is 11.1 Å². The van der Waals surface area contributed by atoms with Crippen LogP contribution >= 0.6 is 11.3 Å². The van der Waals surface area contributed by atoms with Gasteiger partial charge in [0.2, 0.25) is 0 Å². The van der Waals surface area contributed by atoms with Crippen LogP contribution in [0, 0.1) is 0 Å². The van der Waals surface area contributed by atoms with Gasteiger partial charge in [0.25, 0.3) is 5.91 Å². The minimum absolute atomic E-state index is 0.0142. The molecule has 0 aliphatic heterocycles. The Morgan fingerprint density at radius 1 is 1.07 bits per heavy atom. The molecule has 28 heavy (non-hydrogen) atoms. The first-order valence-corrected chi connectivity index (χ1v) is 10.0. The molecule has 1 aliphatic carbocycles. The second-order valence-corrected chi connectivity index (χ2v) is 8.00. The lowest BCUT2D eigenvalue weighted by molar-refractivity contribution is 0.0951. The van der Waals surface area contributed by atoms with E-state index in [1.54, 1.807) is 17.5 Å². The summed E-state index contributed by atoms with van der Waals surface area (Å²) in [5.74, 6) is 0.447. The van der Waals surface area contributed by atoms with E-state index in [1.807, 2.05) is 48.5 Å². The second kappa shape index (κ2) is 6.73. The average molecular weight is 386 g/mol. The number of anilines is 1. The first kappa shape index (κ1) is 16.9. The van der Waals surface area contributed by atoms with Gasteiger partial charge in [-0.3, -0.25) is 4.79 Å². The van der Waals surface area contributed by atoms with E-state index in [-0.39, 0.29) is 5.91 Å². The number of para-hydroxylation sites is 1. The molecule has 5 rings (SSSR count). The minimum Gasteiger partial charge on any atom is -0.383 e. The van der Waals surface area contributed by atoms with Gasteiger partial charge in [0, 0.05) is 23.4 Å². The Balaban J connectivity index is 1.47. The number of nitrogens with zero attached hydrogens (tertiary/aromatic N) is 2. The van der Waals surface area contributed by atoms with E-state index in [4.69, 9.17) is 10.7 Å². The van der Waals surface area contributed by atoms with Gasteiger partial charge in [0.1, 0.15) is 10.8 Å². The summed E-state index contributed by atoms with van der Waals surface area (Å²) in [6, 6.07) is 18.0. The Kier molecular flexibility index (Phi) is 4.06. The fraction of sp³-hybridized carbons (Fsp3) is 0.136. The zero-order valence-electron chi connectivity index (χ0n) is 15.1. The number of carbonyl (C=O) groups is 1. The highest BCUT2D eigenvalue weighted by Crippen LogP contribution is 2.35. The Morgan fingerprint density at radius 3 is 2.61 bits per heavy atom. The molecule has 138 valence electrons. The molecule has 1 saturated carbocycles. The molecule has 3 N–H and O–H groups in total. The molecule has 0 unspecified atom stereocenters. The highest BCUT2D eigenvalue weighted by Gasteiger charge is 2.23. The van der Waals surface area contributed by atoms with Crippen molar-refractivity contribution in [3.63, 3.8) is 0 Å². The predicted octanol–water partition coefficient (Wildman–Crippen LogP) is 4.50. The highest BCUT2D eigenvalue weighted by atomic mass is 32.1. The molecule has 0 radical (unpaired) electrons. The van der Waals surface area contributed by atoms with Crippen LogP contribution in [-0.4, -0.2) is 21.9 Å². The molecule has 2 heterocycles. The third-order valence-corrected chi connectivity index (χ3v) is 5.91. The lowest BCUT2D eigenvalue weighted by Crippen LogP contribution is -2.25. The normalized spacial score (nSPS) is 13.6. The predicted molar refractivity (Wildman–Crippen MR) is 113 cm³/mol. The Morgan fingerprint density at radius 2 is 1.86 bits per heavy atom. The van der Waals surface area contributed by atoms with Crippen molar-refractivity contribution in [3.05, 3.63) is 66.4 Å². The van der Waals surface area contributed by atoms with Crippen molar-refractivity contribution in [2.45, 2.75) is 18.9 Å².